The first-order valence-corrected chi connectivity index (χ1v) is 19.6. The van der Waals surface area contributed by atoms with Crippen LogP contribution in [0.5, 0.6) is 0 Å². The second kappa shape index (κ2) is 12.2. The molecule has 1 aliphatic carbocycles. The molecule has 0 fully saturated rings. The van der Waals surface area contributed by atoms with Gasteiger partial charge in [-0.25, -0.2) is 0 Å². The second-order valence-corrected chi connectivity index (χ2v) is 15.2. The van der Waals surface area contributed by atoms with Crippen LogP contribution in [-0.4, -0.2) is 9.13 Å². The number of nitrogens with zero attached hydrogens (tertiary/aromatic N) is 2. The fourth-order valence-electron chi connectivity index (χ4n) is 9.63. The van der Waals surface area contributed by atoms with E-state index in [9.17, 15) is 0 Å². The van der Waals surface area contributed by atoms with Crippen LogP contribution in [0, 0.1) is 0 Å². The van der Waals surface area contributed by atoms with Crippen molar-refractivity contribution >= 4 is 87.2 Å². The van der Waals surface area contributed by atoms with E-state index >= 15 is 0 Å². The summed E-state index contributed by atoms with van der Waals surface area (Å²) in [5, 5.41) is 12.8. The van der Waals surface area contributed by atoms with Crippen LogP contribution in [0.15, 0.2) is 194 Å². The van der Waals surface area contributed by atoms with Crippen molar-refractivity contribution in [2.45, 2.75) is 12.8 Å². The Balaban J connectivity index is 1.01. The van der Waals surface area contributed by atoms with Crippen LogP contribution in [0.25, 0.3) is 104 Å². The summed E-state index contributed by atoms with van der Waals surface area (Å²) in [5.74, 6) is 0. The van der Waals surface area contributed by atoms with Gasteiger partial charge in [0, 0.05) is 32.9 Å². The topological polar surface area (TPSA) is 9.86 Å². The highest BCUT2D eigenvalue weighted by Crippen LogP contribution is 2.41. The fraction of sp³-hybridized carbons (Fsp3) is 0.0370. The number of aromatic nitrogens is 2. The van der Waals surface area contributed by atoms with Gasteiger partial charge in [-0.1, -0.05) is 140 Å². The summed E-state index contributed by atoms with van der Waals surface area (Å²) in [4.78, 5) is 0. The lowest BCUT2D eigenvalue weighted by Gasteiger charge is -2.18. The largest absolute Gasteiger partial charge is 0.313 e. The Morgan fingerprint density at radius 3 is 1.36 bits per heavy atom. The van der Waals surface area contributed by atoms with Crippen molar-refractivity contribution in [1.82, 2.24) is 9.13 Å². The van der Waals surface area contributed by atoms with E-state index in [0.29, 0.717) is 0 Å². The van der Waals surface area contributed by atoms with Gasteiger partial charge in [0.1, 0.15) is 0 Å². The van der Waals surface area contributed by atoms with E-state index in [1.807, 2.05) is 0 Å². The molecule has 2 aromatic heterocycles. The van der Waals surface area contributed by atoms with Crippen molar-refractivity contribution in [1.29, 1.82) is 0 Å². The van der Waals surface area contributed by atoms with E-state index in [2.05, 4.69) is 203 Å². The summed E-state index contributed by atoms with van der Waals surface area (Å²) in [5.41, 5.74) is 12.6. The molecule has 0 spiro atoms. The Morgan fingerprint density at radius 1 is 0.286 bits per heavy atom. The maximum Gasteiger partial charge on any atom is 0.0541 e. The molecule has 9 aromatic carbocycles. The van der Waals surface area contributed by atoms with Crippen molar-refractivity contribution < 1.29 is 0 Å². The molecule has 1 aliphatic rings. The molecule has 0 unspecified atom stereocenters. The molecule has 0 saturated heterocycles. The standard InChI is InChI=1S/C54H36N2/c1-2-12-35(13-3-1)36-22-26-39(27-23-36)55-51-20-10-8-18-46(51)49-32-37(24-30-53(49)55)38-25-31-54-50(33-38)47-19-9-11-21-52(47)56(54)40-28-29-45-43-16-5-4-14-41(43)42-15-6-7-17-44(42)48(45)34-40/h1-22,24-26,28-34H,23,27H2. The Kier molecular flexibility index (Phi) is 6.79. The van der Waals surface area contributed by atoms with Crippen LogP contribution in [0.1, 0.15) is 18.4 Å². The van der Waals surface area contributed by atoms with E-state index < -0.39 is 0 Å². The smallest absolute Gasteiger partial charge is 0.0541 e. The van der Waals surface area contributed by atoms with E-state index in [4.69, 9.17) is 0 Å². The quantitative estimate of drug-likeness (QED) is 0.161. The van der Waals surface area contributed by atoms with Crippen LogP contribution in [0.4, 0.5) is 0 Å². The lowest BCUT2D eigenvalue weighted by Crippen LogP contribution is -2.01. The van der Waals surface area contributed by atoms with Crippen LogP contribution in [0.3, 0.4) is 0 Å². The van der Waals surface area contributed by atoms with E-state index in [1.165, 1.54) is 110 Å². The number of rotatable bonds is 4. The third-order valence-corrected chi connectivity index (χ3v) is 12.2. The van der Waals surface area contributed by atoms with Gasteiger partial charge in [0.25, 0.3) is 0 Å². The summed E-state index contributed by atoms with van der Waals surface area (Å²) in [6.45, 7) is 0. The molecule has 2 nitrogen and oxygen atoms in total. The zero-order chi connectivity index (χ0) is 36.7. The molecule has 0 radical (unpaired) electrons. The Morgan fingerprint density at radius 2 is 0.768 bits per heavy atom. The van der Waals surface area contributed by atoms with Gasteiger partial charge in [-0.2, -0.15) is 0 Å². The monoisotopic (exact) mass is 712 g/mol. The van der Waals surface area contributed by atoms with E-state index in [1.54, 1.807) is 0 Å². The molecule has 262 valence electrons. The maximum absolute atomic E-state index is 2.49. The Hall–Kier alpha value is -7.16. The SMILES string of the molecule is C1=C(c2ccccc2)CCC(n2c3ccccc3c3cc(-c4ccc5c(c4)c4ccccc4n5-c4ccc5c6ccccc6c6ccccc6c5c4)ccc32)=C1. The number of hydrogen-bond donors (Lipinski definition) is 0. The van der Waals surface area contributed by atoms with Crippen LogP contribution in [0.2, 0.25) is 0 Å². The Bertz CT molecular complexity index is 3430. The van der Waals surface area contributed by atoms with Crippen LogP contribution >= 0.6 is 0 Å². The highest BCUT2D eigenvalue weighted by atomic mass is 15.0. The van der Waals surface area contributed by atoms with Gasteiger partial charge in [-0.15, -0.1) is 0 Å². The van der Waals surface area contributed by atoms with Crippen molar-refractivity contribution in [3.8, 4) is 16.8 Å². The zero-order valence-electron chi connectivity index (χ0n) is 30.8. The van der Waals surface area contributed by atoms with E-state index in [0.717, 1.165) is 12.8 Å². The van der Waals surface area contributed by atoms with E-state index in [-0.39, 0.29) is 0 Å². The van der Waals surface area contributed by atoms with Crippen LogP contribution in [-0.2, 0) is 0 Å². The lowest BCUT2D eigenvalue weighted by molar-refractivity contribution is 0.992. The molecule has 0 bridgehead atoms. The molecule has 0 aliphatic heterocycles. The molecule has 0 N–H and O–H groups in total. The number of hydrogen-bond acceptors (Lipinski definition) is 0. The first-order valence-electron chi connectivity index (χ1n) is 19.6. The maximum atomic E-state index is 2.49. The molecule has 0 saturated carbocycles. The van der Waals surface area contributed by atoms with Crippen LogP contribution < -0.4 is 0 Å². The predicted molar refractivity (Wildman–Crippen MR) is 240 cm³/mol. The van der Waals surface area contributed by atoms with Gasteiger partial charge in [0.05, 0.1) is 22.1 Å². The van der Waals surface area contributed by atoms with Crippen molar-refractivity contribution in [2.24, 2.45) is 0 Å². The van der Waals surface area contributed by atoms with Gasteiger partial charge in [-0.3, -0.25) is 0 Å². The minimum atomic E-state index is 1.00. The molecule has 2 heteroatoms. The summed E-state index contributed by atoms with van der Waals surface area (Å²) < 4.78 is 4.93. The summed E-state index contributed by atoms with van der Waals surface area (Å²) in [6, 6.07) is 67.2. The third-order valence-electron chi connectivity index (χ3n) is 12.2. The number of allylic oxidation sites excluding steroid dienone is 4. The fourth-order valence-corrected chi connectivity index (χ4v) is 9.63. The third kappa shape index (κ3) is 4.63. The van der Waals surface area contributed by atoms with Crippen molar-refractivity contribution in [3.63, 3.8) is 0 Å². The molecule has 2 heterocycles. The molecule has 0 amide bonds. The summed E-state index contributed by atoms with van der Waals surface area (Å²) >= 11 is 0. The highest BCUT2D eigenvalue weighted by molar-refractivity contribution is 6.25. The molecular formula is C54H36N2. The van der Waals surface area contributed by atoms with Crippen molar-refractivity contribution in [2.75, 3.05) is 0 Å². The summed E-state index contributed by atoms with van der Waals surface area (Å²) in [7, 11) is 0. The Labute approximate surface area is 324 Å². The van der Waals surface area contributed by atoms with Crippen molar-refractivity contribution in [3.05, 3.63) is 200 Å². The zero-order valence-corrected chi connectivity index (χ0v) is 30.8. The van der Waals surface area contributed by atoms with Gasteiger partial charge in [0.15, 0.2) is 0 Å². The van der Waals surface area contributed by atoms with Gasteiger partial charge in [-0.05, 0) is 122 Å². The predicted octanol–water partition coefficient (Wildman–Crippen LogP) is 14.7. The van der Waals surface area contributed by atoms with Gasteiger partial charge in [0.2, 0.25) is 0 Å². The lowest BCUT2D eigenvalue weighted by atomic mass is 9.94. The minimum Gasteiger partial charge on any atom is -0.313 e. The highest BCUT2D eigenvalue weighted by Gasteiger charge is 2.19. The normalized spacial score (nSPS) is 13.4. The molecule has 11 aromatic rings. The first-order chi connectivity index (χ1) is 27.8. The summed E-state index contributed by atoms with van der Waals surface area (Å²) in [6.07, 6.45) is 6.68. The van der Waals surface area contributed by atoms with Gasteiger partial charge >= 0.3 is 0 Å². The number of benzene rings is 9. The number of fused-ring (bicyclic) bond motifs is 12. The molecule has 0 atom stereocenters. The first kappa shape index (κ1) is 31.2. The number of para-hydroxylation sites is 2. The molecule has 12 rings (SSSR count). The average molecular weight is 713 g/mol. The van der Waals surface area contributed by atoms with Gasteiger partial charge < -0.3 is 9.13 Å². The molecule has 56 heavy (non-hydrogen) atoms. The average Bonchev–Trinajstić information content (AvgIpc) is 3.79. The second-order valence-electron chi connectivity index (χ2n) is 15.2. The minimum absolute atomic E-state index is 1.00. The molecular weight excluding hydrogens is 677 g/mol.